The molecule has 1 heterocycles. The first kappa shape index (κ1) is 19.5. The third kappa shape index (κ3) is 5.10. The predicted octanol–water partition coefficient (Wildman–Crippen LogP) is 3.00. The first-order valence-electron chi connectivity index (χ1n) is 8.16. The van der Waals surface area contributed by atoms with Gasteiger partial charge in [0.25, 0.3) is 11.8 Å². The number of carbonyl (C=O) groups excluding carboxylic acids is 2. The maximum Gasteiger partial charge on any atom is 0.271 e. The highest BCUT2D eigenvalue weighted by atomic mass is 35.5. The molecule has 8 heteroatoms. The Morgan fingerprint density at radius 1 is 1.12 bits per heavy atom. The Bertz CT molecular complexity index is 769. The smallest absolute Gasteiger partial charge is 0.271 e. The molecule has 2 amide bonds. The second-order valence-corrected chi connectivity index (χ2v) is 5.62. The normalized spacial score (nSPS) is 10.1. The van der Waals surface area contributed by atoms with E-state index in [0.717, 1.165) is 6.42 Å². The summed E-state index contributed by atoms with van der Waals surface area (Å²) in [5.41, 5.74) is 5.21. The molecule has 7 nitrogen and oxygen atoms in total. The van der Waals surface area contributed by atoms with E-state index in [0.29, 0.717) is 30.3 Å². The third-order valence-corrected chi connectivity index (χ3v) is 3.52. The number of rotatable bonds is 7. The van der Waals surface area contributed by atoms with Crippen LogP contribution in [0.25, 0.3) is 0 Å². The average molecular weight is 378 g/mol. The van der Waals surface area contributed by atoms with Crippen molar-refractivity contribution in [3.63, 3.8) is 0 Å². The molecule has 138 valence electrons. The SMILES string of the molecule is CCCOc1c(Cl)cc(C(=O)NNC(=O)c2cccnc2)cc1OCC. The largest absolute Gasteiger partial charge is 0.490 e. The lowest BCUT2D eigenvalue weighted by Gasteiger charge is -2.15. The van der Waals surface area contributed by atoms with Gasteiger partial charge in [0.1, 0.15) is 0 Å². The fourth-order valence-electron chi connectivity index (χ4n) is 2.06. The number of aromatic nitrogens is 1. The van der Waals surface area contributed by atoms with Crippen molar-refractivity contribution in [3.05, 3.63) is 52.8 Å². The van der Waals surface area contributed by atoms with Crippen LogP contribution in [-0.2, 0) is 0 Å². The van der Waals surface area contributed by atoms with Crippen molar-refractivity contribution in [2.24, 2.45) is 0 Å². The number of carbonyl (C=O) groups is 2. The minimum absolute atomic E-state index is 0.230. The molecule has 0 bridgehead atoms. The van der Waals surface area contributed by atoms with E-state index in [9.17, 15) is 9.59 Å². The van der Waals surface area contributed by atoms with Crippen LogP contribution in [0.4, 0.5) is 0 Å². The molecule has 0 radical (unpaired) electrons. The molecule has 1 aromatic carbocycles. The quantitative estimate of drug-likeness (QED) is 0.724. The summed E-state index contributed by atoms with van der Waals surface area (Å²) in [5.74, 6) is -0.249. The fraction of sp³-hybridized carbons (Fsp3) is 0.278. The standard InChI is InChI=1S/C18H20ClN3O4/c1-3-8-26-16-14(19)9-13(10-15(16)25-4-2)18(24)22-21-17(23)12-6-5-7-20-11-12/h5-7,9-11H,3-4,8H2,1-2H3,(H,21,23)(H,22,24). The lowest BCUT2D eigenvalue weighted by Crippen LogP contribution is -2.41. The molecule has 0 aliphatic carbocycles. The molecule has 26 heavy (non-hydrogen) atoms. The number of hydrazine groups is 1. The number of benzene rings is 1. The fourth-order valence-corrected chi connectivity index (χ4v) is 2.33. The van der Waals surface area contributed by atoms with Crippen LogP contribution in [-0.4, -0.2) is 30.0 Å². The monoisotopic (exact) mass is 377 g/mol. The molecule has 0 saturated heterocycles. The van der Waals surface area contributed by atoms with E-state index in [1.165, 1.54) is 18.3 Å². The molecule has 2 N–H and O–H groups in total. The molecule has 1 aromatic heterocycles. The zero-order valence-electron chi connectivity index (χ0n) is 14.5. The Kier molecular flexibility index (Phi) is 7.23. The summed E-state index contributed by atoms with van der Waals surface area (Å²) in [4.78, 5) is 28.1. The highest BCUT2D eigenvalue weighted by Crippen LogP contribution is 2.36. The van der Waals surface area contributed by atoms with Gasteiger partial charge in [-0.15, -0.1) is 0 Å². The van der Waals surface area contributed by atoms with Crippen LogP contribution in [0.5, 0.6) is 11.5 Å². The van der Waals surface area contributed by atoms with Crippen molar-refractivity contribution < 1.29 is 19.1 Å². The molecule has 0 spiro atoms. The molecule has 0 atom stereocenters. The van der Waals surface area contributed by atoms with Gasteiger partial charge in [0.05, 0.1) is 23.8 Å². The van der Waals surface area contributed by atoms with Gasteiger partial charge in [-0.25, -0.2) is 0 Å². The van der Waals surface area contributed by atoms with Crippen molar-refractivity contribution in [1.82, 2.24) is 15.8 Å². The van der Waals surface area contributed by atoms with E-state index in [4.69, 9.17) is 21.1 Å². The summed E-state index contributed by atoms with van der Waals surface area (Å²) in [6, 6.07) is 6.19. The van der Waals surface area contributed by atoms with Gasteiger partial charge in [-0.1, -0.05) is 18.5 Å². The molecule has 0 aliphatic rings. The Morgan fingerprint density at radius 2 is 1.85 bits per heavy atom. The molecular formula is C18H20ClN3O4. The van der Waals surface area contributed by atoms with E-state index in [1.54, 1.807) is 18.3 Å². The van der Waals surface area contributed by atoms with Gasteiger partial charge in [0, 0.05) is 18.0 Å². The van der Waals surface area contributed by atoms with Crippen LogP contribution in [0.3, 0.4) is 0 Å². The van der Waals surface area contributed by atoms with Gasteiger partial charge >= 0.3 is 0 Å². The van der Waals surface area contributed by atoms with Crippen LogP contribution in [0.1, 0.15) is 41.0 Å². The maximum atomic E-state index is 12.3. The molecule has 2 aromatic rings. The summed E-state index contributed by atoms with van der Waals surface area (Å²) in [6.45, 7) is 4.66. The molecule has 0 fully saturated rings. The van der Waals surface area contributed by atoms with Gasteiger partial charge in [-0.05, 0) is 37.6 Å². The summed E-state index contributed by atoms with van der Waals surface area (Å²) in [5, 5.41) is 0.258. The topological polar surface area (TPSA) is 89.6 Å². The highest BCUT2D eigenvalue weighted by molar-refractivity contribution is 6.32. The minimum Gasteiger partial charge on any atom is -0.490 e. The number of ether oxygens (including phenoxy) is 2. The Morgan fingerprint density at radius 3 is 2.46 bits per heavy atom. The van der Waals surface area contributed by atoms with Crippen molar-refractivity contribution in [3.8, 4) is 11.5 Å². The van der Waals surface area contributed by atoms with Crippen LogP contribution in [0.2, 0.25) is 5.02 Å². The third-order valence-electron chi connectivity index (χ3n) is 3.24. The Hall–Kier alpha value is -2.80. The average Bonchev–Trinajstić information content (AvgIpc) is 2.66. The van der Waals surface area contributed by atoms with E-state index in [-0.39, 0.29) is 10.6 Å². The van der Waals surface area contributed by atoms with Crippen molar-refractivity contribution in [2.75, 3.05) is 13.2 Å². The minimum atomic E-state index is -0.535. The maximum absolute atomic E-state index is 12.3. The van der Waals surface area contributed by atoms with Crippen molar-refractivity contribution >= 4 is 23.4 Å². The molecular weight excluding hydrogens is 358 g/mol. The van der Waals surface area contributed by atoms with Crippen LogP contribution >= 0.6 is 11.6 Å². The van der Waals surface area contributed by atoms with E-state index < -0.39 is 11.8 Å². The summed E-state index contributed by atoms with van der Waals surface area (Å²) in [7, 11) is 0. The highest BCUT2D eigenvalue weighted by Gasteiger charge is 2.17. The number of amides is 2. The second-order valence-electron chi connectivity index (χ2n) is 5.22. The van der Waals surface area contributed by atoms with E-state index in [1.807, 2.05) is 13.8 Å². The molecule has 0 unspecified atom stereocenters. The zero-order chi connectivity index (χ0) is 18.9. The number of halogens is 1. The molecule has 0 saturated carbocycles. The lowest BCUT2D eigenvalue weighted by atomic mass is 10.2. The number of nitrogens with zero attached hydrogens (tertiary/aromatic N) is 1. The number of hydrogen-bond acceptors (Lipinski definition) is 5. The number of hydrogen-bond donors (Lipinski definition) is 2. The van der Waals surface area contributed by atoms with Gasteiger partial charge < -0.3 is 9.47 Å². The molecule has 2 rings (SSSR count). The first-order valence-corrected chi connectivity index (χ1v) is 8.54. The number of pyridine rings is 1. The lowest BCUT2D eigenvalue weighted by molar-refractivity contribution is 0.0846. The second kappa shape index (κ2) is 9.62. The van der Waals surface area contributed by atoms with Crippen LogP contribution in [0, 0.1) is 0 Å². The summed E-state index contributed by atoms with van der Waals surface area (Å²) >= 11 is 6.23. The van der Waals surface area contributed by atoms with Crippen molar-refractivity contribution in [2.45, 2.75) is 20.3 Å². The van der Waals surface area contributed by atoms with Crippen LogP contribution < -0.4 is 20.3 Å². The molecule has 0 aliphatic heterocycles. The van der Waals surface area contributed by atoms with Crippen LogP contribution in [0.15, 0.2) is 36.7 Å². The van der Waals surface area contributed by atoms with Gasteiger partial charge in [-0.2, -0.15) is 0 Å². The van der Waals surface area contributed by atoms with Gasteiger partial charge in [-0.3, -0.25) is 25.4 Å². The summed E-state index contributed by atoms with van der Waals surface area (Å²) < 4.78 is 11.1. The van der Waals surface area contributed by atoms with Gasteiger partial charge in [0.15, 0.2) is 11.5 Å². The Balaban J connectivity index is 2.11. The zero-order valence-corrected chi connectivity index (χ0v) is 15.3. The first-order chi connectivity index (χ1) is 12.6. The van der Waals surface area contributed by atoms with E-state index >= 15 is 0 Å². The van der Waals surface area contributed by atoms with E-state index in [2.05, 4.69) is 15.8 Å². The summed E-state index contributed by atoms with van der Waals surface area (Å²) in [6.07, 6.45) is 3.75. The number of nitrogens with one attached hydrogen (secondary N) is 2. The van der Waals surface area contributed by atoms with Crippen molar-refractivity contribution in [1.29, 1.82) is 0 Å². The Labute approximate surface area is 156 Å². The van der Waals surface area contributed by atoms with Gasteiger partial charge in [0.2, 0.25) is 0 Å². The predicted molar refractivity (Wildman–Crippen MR) is 97.6 cm³/mol.